The van der Waals surface area contributed by atoms with Gasteiger partial charge in [0.25, 0.3) is 0 Å². The van der Waals surface area contributed by atoms with E-state index in [0.717, 1.165) is 11.0 Å². The molecule has 3 aromatic rings. The second kappa shape index (κ2) is 5.04. The van der Waals surface area contributed by atoms with Gasteiger partial charge >= 0.3 is 5.69 Å². The lowest BCUT2D eigenvalue weighted by molar-refractivity contribution is 0.653. The lowest BCUT2D eigenvalue weighted by Crippen LogP contribution is -2.24. The molecule has 0 bridgehead atoms. The van der Waals surface area contributed by atoms with Crippen molar-refractivity contribution < 1.29 is 0 Å². The summed E-state index contributed by atoms with van der Waals surface area (Å²) in [7, 11) is 3.64. The van der Waals surface area contributed by atoms with Gasteiger partial charge in [0.05, 0.1) is 18.1 Å². The highest BCUT2D eigenvalue weighted by atomic mass is 16.1. The van der Waals surface area contributed by atoms with Gasteiger partial charge in [0.2, 0.25) is 0 Å². The molecule has 3 aromatic heterocycles. The predicted molar refractivity (Wildman–Crippen MR) is 79.3 cm³/mol. The van der Waals surface area contributed by atoms with E-state index in [2.05, 4.69) is 20.4 Å². The third-order valence-electron chi connectivity index (χ3n) is 3.45. The molecule has 1 N–H and O–H groups in total. The molecule has 8 nitrogen and oxygen atoms in total. The Morgan fingerprint density at radius 3 is 2.67 bits per heavy atom. The standard InChI is InChI=1S/C13H17N7O/c1-4-19-5-6-20(13(19)21)8-10-16-11(14-2)9-7-15-18(3)12(9)17-10/h5-7H,4,8H2,1-3H3,(H,14,16,17). The molecule has 21 heavy (non-hydrogen) atoms. The Bertz CT molecular complexity index is 842. The molecule has 3 heterocycles. The van der Waals surface area contributed by atoms with Crippen LogP contribution in [-0.2, 0) is 20.1 Å². The predicted octanol–water partition coefficient (Wildman–Crippen LogP) is 0.436. The highest BCUT2D eigenvalue weighted by Crippen LogP contribution is 2.19. The molecule has 0 aromatic carbocycles. The van der Waals surface area contributed by atoms with E-state index in [1.165, 1.54) is 0 Å². The van der Waals surface area contributed by atoms with Gasteiger partial charge in [0.15, 0.2) is 11.5 Å². The molecule has 110 valence electrons. The topological polar surface area (TPSA) is 82.6 Å². The van der Waals surface area contributed by atoms with Gasteiger partial charge in [-0.3, -0.25) is 13.8 Å². The first-order chi connectivity index (χ1) is 10.1. The Morgan fingerprint density at radius 2 is 2.00 bits per heavy atom. The van der Waals surface area contributed by atoms with Crippen molar-refractivity contribution in [3.05, 3.63) is 34.9 Å². The van der Waals surface area contributed by atoms with Crippen LogP contribution in [0.2, 0.25) is 0 Å². The van der Waals surface area contributed by atoms with Crippen molar-refractivity contribution in [1.29, 1.82) is 0 Å². The van der Waals surface area contributed by atoms with Crippen molar-refractivity contribution in [2.75, 3.05) is 12.4 Å². The van der Waals surface area contributed by atoms with Crippen LogP contribution in [0, 0.1) is 0 Å². The number of hydrogen-bond acceptors (Lipinski definition) is 5. The van der Waals surface area contributed by atoms with Gasteiger partial charge < -0.3 is 5.32 Å². The van der Waals surface area contributed by atoms with E-state index in [0.29, 0.717) is 24.7 Å². The lowest BCUT2D eigenvalue weighted by atomic mass is 10.4. The SMILES string of the molecule is CCn1ccn(Cc2nc(NC)c3cnn(C)c3n2)c1=O. The molecule has 0 radical (unpaired) electrons. The number of aromatic nitrogens is 6. The van der Waals surface area contributed by atoms with Gasteiger partial charge in [0.1, 0.15) is 5.82 Å². The van der Waals surface area contributed by atoms with Gasteiger partial charge in [-0.05, 0) is 6.92 Å². The number of hydrogen-bond donors (Lipinski definition) is 1. The molecule has 0 aliphatic carbocycles. The maximum Gasteiger partial charge on any atom is 0.328 e. The fourth-order valence-electron chi connectivity index (χ4n) is 2.30. The molecular weight excluding hydrogens is 270 g/mol. The zero-order valence-corrected chi connectivity index (χ0v) is 12.2. The van der Waals surface area contributed by atoms with E-state index in [1.807, 2.05) is 14.0 Å². The van der Waals surface area contributed by atoms with Gasteiger partial charge in [0, 0.05) is 33.0 Å². The van der Waals surface area contributed by atoms with Crippen molar-refractivity contribution in [3.8, 4) is 0 Å². The summed E-state index contributed by atoms with van der Waals surface area (Å²) in [6, 6.07) is 0. The van der Waals surface area contributed by atoms with Crippen LogP contribution in [0.15, 0.2) is 23.4 Å². The molecule has 0 spiro atoms. The van der Waals surface area contributed by atoms with Crippen LogP contribution < -0.4 is 11.0 Å². The third-order valence-corrected chi connectivity index (χ3v) is 3.45. The second-order valence-electron chi connectivity index (χ2n) is 4.74. The Kier molecular flexibility index (Phi) is 3.20. The summed E-state index contributed by atoms with van der Waals surface area (Å²) in [5.74, 6) is 1.29. The molecule has 3 rings (SSSR count). The van der Waals surface area contributed by atoms with Crippen molar-refractivity contribution in [2.24, 2.45) is 7.05 Å². The van der Waals surface area contributed by atoms with E-state index < -0.39 is 0 Å². The second-order valence-corrected chi connectivity index (χ2v) is 4.74. The van der Waals surface area contributed by atoms with Gasteiger partial charge in [-0.25, -0.2) is 14.8 Å². The monoisotopic (exact) mass is 287 g/mol. The zero-order chi connectivity index (χ0) is 15.0. The maximum absolute atomic E-state index is 12.1. The van der Waals surface area contributed by atoms with E-state index in [1.54, 1.807) is 39.5 Å². The van der Waals surface area contributed by atoms with Crippen molar-refractivity contribution in [1.82, 2.24) is 28.9 Å². The Balaban J connectivity index is 2.06. The molecule has 8 heteroatoms. The van der Waals surface area contributed by atoms with Crippen LogP contribution in [0.4, 0.5) is 5.82 Å². The Morgan fingerprint density at radius 1 is 1.24 bits per heavy atom. The first kappa shape index (κ1) is 13.3. The van der Waals surface area contributed by atoms with Crippen LogP contribution >= 0.6 is 0 Å². The highest BCUT2D eigenvalue weighted by Gasteiger charge is 2.12. The third kappa shape index (κ3) is 2.18. The average molecular weight is 287 g/mol. The van der Waals surface area contributed by atoms with Gasteiger partial charge in [-0.2, -0.15) is 5.10 Å². The van der Waals surface area contributed by atoms with Crippen molar-refractivity contribution in [3.63, 3.8) is 0 Å². The summed E-state index contributed by atoms with van der Waals surface area (Å²) in [5, 5.41) is 8.10. The molecule has 0 unspecified atom stereocenters. The lowest BCUT2D eigenvalue weighted by Gasteiger charge is -2.06. The van der Waals surface area contributed by atoms with E-state index >= 15 is 0 Å². The molecule has 0 aliphatic heterocycles. The Hall–Kier alpha value is -2.64. The minimum atomic E-state index is -0.0581. The van der Waals surface area contributed by atoms with Crippen molar-refractivity contribution >= 4 is 16.9 Å². The minimum Gasteiger partial charge on any atom is -0.372 e. The van der Waals surface area contributed by atoms with Gasteiger partial charge in [-0.1, -0.05) is 0 Å². The number of anilines is 1. The normalized spacial score (nSPS) is 11.2. The summed E-state index contributed by atoms with van der Waals surface area (Å²) < 4.78 is 4.93. The maximum atomic E-state index is 12.1. The number of nitrogens with zero attached hydrogens (tertiary/aromatic N) is 6. The zero-order valence-electron chi connectivity index (χ0n) is 12.2. The average Bonchev–Trinajstić information content (AvgIpc) is 3.03. The first-order valence-electron chi connectivity index (χ1n) is 6.76. The number of rotatable bonds is 4. The number of fused-ring (bicyclic) bond motifs is 1. The van der Waals surface area contributed by atoms with Crippen LogP contribution in [-0.4, -0.2) is 35.9 Å². The summed E-state index contributed by atoms with van der Waals surface area (Å²) in [6.45, 7) is 2.92. The van der Waals surface area contributed by atoms with E-state index in [9.17, 15) is 4.79 Å². The summed E-state index contributed by atoms with van der Waals surface area (Å²) in [6.07, 6.45) is 5.25. The van der Waals surface area contributed by atoms with Crippen LogP contribution in [0.3, 0.4) is 0 Å². The molecule has 0 fully saturated rings. The molecule has 0 saturated heterocycles. The molecule has 0 aliphatic rings. The summed E-state index contributed by atoms with van der Waals surface area (Å²) in [4.78, 5) is 21.0. The van der Waals surface area contributed by atoms with Crippen LogP contribution in [0.25, 0.3) is 11.0 Å². The van der Waals surface area contributed by atoms with Crippen molar-refractivity contribution in [2.45, 2.75) is 20.0 Å². The minimum absolute atomic E-state index is 0.0581. The smallest absolute Gasteiger partial charge is 0.328 e. The number of aryl methyl sites for hydroxylation is 2. The fourth-order valence-corrected chi connectivity index (χ4v) is 2.30. The number of imidazole rings is 1. The highest BCUT2D eigenvalue weighted by molar-refractivity contribution is 5.86. The number of nitrogens with one attached hydrogen (secondary N) is 1. The molecule has 0 saturated carbocycles. The first-order valence-corrected chi connectivity index (χ1v) is 6.76. The fraction of sp³-hybridized carbons (Fsp3) is 0.385. The van der Waals surface area contributed by atoms with Gasteiger partial charge in [-0.15, -0.1) is 0 Å². The quantitative estimate of drug-likeness (QED) is 0.752. The van der Waals surface area contributed by atoms with E-state index in [-0.39, 0.29) is 5.69 Å². The van der Waals surface area contributed by atoms with Crippen LogP contribution in [0.1, 0.15) is 12.7 Å². The largest absolute Gasteiger partial charge is 0.372 e. The van der Waals surface area contributed by atoms with E-state index in [4.69, 9.17) is 0 Å². The molecular formula is C13H17N7O. The molecule has 0 atom stereocenters. The summed E-state index contributed by atoms with van der Waals surface area (Å²) >= 11 is 0. The summed E-state index contributed by atoms with van der Waals surface area (Å²) in [5.41, 5.74) is 0.685. The molecule has 0 amide bonds. The Labute approximate surface area is 121 Å². The van der Waals surface area contributed by atoms with Crippen LogP contribution in [0.5, 0.6) is 0 Å².